The third-order valence-electron chi connectivity index (χ3n) is 9.14. The molecule has 0 bridgehead atoms. The molecule has 1 rings (SSSR count). The Bertz CT molecular complexity index is 1050. The second-order valence-electron chi connectivity index (χ2n) is 13.2. The summed E-state index contributed by atoms with van der Waals surface area (Å²) < 4.78 is 17.1. The Hall–Kier alpha value is -3.18. The normalized spacial score (nSPS) is 27.5. The molecular weight excluding hydrogens is 582 g/mol. The topological polar surface area (TPSA) is 140 Å². The van der Waals surface area contributed by atoms with Crippen LogP contribution in [0.4, 0.5) is 0 Å². The van der Waals surface area contributed by atoms with Gasteiger partial charge < -0.3 is 28.9 Å². The van der Waals surface area contributed by atoms with Crippen molar-refractivity contribution in [1.82, 2.24) is 14.7 Å². The molecule has 0 aliphatic carbocycles. The van der Waals surface area contributed by atoms with Gasteiger partial charge in [0.05, 0.1) is 0 Å². The van der Waals surface area contributed by atoms with Gasteiger partial charge in [-0.3, -0.25) is 14.4 Å². The quantitative estimate of drug-likeness (QED) is 0.289. The molecule has 1 heterocycles. The molecule has 12 heteroatoms. The van der Waals surface area contributed by atoms with Crippen LogP contribution in [-0.2, 0) is 43.0 Å². The number of cyclic esters (lactones) is 3. The minimum Gasteiger partial charge on any atom is -0.454 e. The lowest BCUT2D eigenvalue weighted by Gasteiger charge is -2.38. The van der Waals surface area contributed by atoms with Gasteiger partial charge in [-0.05, 0) is 29.6 Å². The Labute approximate surface area is 269 Å². The van der Waals surface area contributed by atoms with E-state index in [-0.39, 0.29) is 17.8 Å². The van der Waals surface area contributed by atoms with E-state index in [0.29, 0.717) is 19.3 Å². The maximum absolute atomic E-state index is 13.9. The number of hydrogen-bond acceptors (Lipinski definition) is 9. The fourth-order valence-corrected chi connectivity index (χ4v) is 5.47. The summed E-state index contributed by atoms with van der Waals surface area (Å²) in [7, 11) is 4.33. The van der Waals surface area contributed by atoms with Crippen LogP contribution in [0.25, 0.3) is 0 Å². The zero-order chi connectivity index (χ0) is 34.9. The first-order chi connectivity index (χ1) is 20.9. The van der Waals surface area contributed by atoms with Gasteiger partial charge in [0.25, 0.3) is 17.7 Å². The van der Waals surface area contributed by atoms with Gasteiger partial charge in [-0.15, -0.1) is 0 Å². The minimum absolute atomic E-state index is 0.360. The first kappa shape index (κ1) is 39.8. The first-order valence-corrected chi connectivity index (χ1v) is 16.2. The number of ether oxygens (including phenoxy) is 3. The Kier molecular flexibility index (Phi) is 15.5. The predicted molar refractivity (Wildman–Crippen MR) is 168 cm³/mol. The summed E-state index contributed by atoms with van der Waals surface area (Å²) in [5.41, 5.74) is 0. The SMILES string of the molecule is CC[C@H](C)[C@H]1C(=O)O[C@H](C(C)C)C(=O)N(C)[C@@H]([C@@H](C)CC)C(=O)O[C@H](C(C)C)C(=O)N(C)[C@@H]([C@@H](C)CC)C(=O)OCC(=O)N1C. The molecule has 8 atom stereocenters. The van der Waals surface area contributed by atoms with Crippen molar-refractivity contribution >= 4 is 35.6 Å². The van der Waals surface area contributed by atoms with Gasteiger partial charge in [0.2, 0.25) is 0 Å². The second-order valence-corrected chi connectivity index (χ2v) is 13.2. The van der Waals surface area contributed by atoms with E-state index in [4.69, 9.17) is 14.2 Å². The van der Waals surface area contributed by atoms with E-state index < -0.39 is 84.4 Å². The molecular formula is C33H57N3O9. The summed E-state index contributed by atoms with van der Waals surface area (Å²) in [6.07, 6.45) is -0.995. The highest BCUT2D eigenvalue weighted by Crippen LogP contribution is 2.25. The number of nitrogens with zero attached hydrogens (tertiary/aromatic N) is 3. The molecule has 0 aromatic heterocycles. The summed E-state index contributed by atoms with van der Waals surface area (Å²) in [6, 6.07) is -3.24. The maximum atomic E-state index is 13.9. The van der Waals surface area contributed by atoms with Gasteiger partial charge in [0.15, 0.2) is 18.8 Å². The summed E-state index contributed by atoms with van der Waals surface area (Å²) in [5.74, 6) is -6.23. The third kappa shape index (κ3) is 9.66. The zero-order valence-electron chi connectivity index (χ0n) is 29.6. The molecule has 45 heavy (non-hydrogen) atoms. The average molecular weight is 640 g/mol. The molecule has 1 fully saturated rings. The van der Waals surface area contributed by atoms with Crippen molar-refractivity contribution in [2.45, 2.75) is 119 Å². The summed E-state index contributed by atoms with van der Waals surface area (Å²) in [6.45, 7) is 17.2. The lowest BCUT2D eigenvalue weighted by atomic mass is 9.95. The average Bonchev–Trinajstić information content (AvgIpc) is 2.99. The minimum atomic E-state index is -1.27. The standard InChI is InChI=1S/C33H57N3O9/c1-14-20(8)24-31(40)43-17-23(37)34(11)25(21(9)15-2)32(41)44-28(19(6)7)30(39)36(13)26(22(10)16-3)33(42)45-27(18(4)5)29(38)35(24)12/h18-22,24-28H,14-17H2,1-13H3/t20-,21-,22-,24-,25-,26-,27+,28+/m0/s1. The highest BCUT2D eigenvalue weighted by atomic mass is 16.6. The van der Waals surface area contributed by atoms with Crippen molar-refractivity contribution in [2.24, 2.45) is 29.6 Å². The van der Waals surface area contributed by atoms with Crippen LogP contribution in [0.1, 0.15) is 88.5 Å². The molecule has 0 saturated carbocycles. The van der Waals surface area contributed by atoms with E-state index in [1.54, 1.807) is 48.5 Å². The summed E-state index contributed by atoms with van der Waals surface area (Å²) >= 11 is 0. The molecule has 0 aromatic carbocycles. The number of rotatable bonds is 8. The lowest BCUT2D eigenvalue weighted by Crippen LogP contribution is -2.57. The van der Waals surface area contributed by atoms with E-state index in [2.05, 4.69) is 0 Å². The molecule has 12 nitrogen and oxygen atoms in total. The molecule has 1 aliphatic heterocycles. The van der Waals surface area contributed by atoms with E-state index in [0.717, 1.165) is 0 Å². The van der Waals surface area contributed by atoms with Gasteiger partial charge >= 0.3 is 17.9 Å². The Morgan fingerprint density at radius 1 is 0.556 bits per heavy atom. The smallest absolute Gasteiger partial charge is 0.329 e. The van der Waals surface area contributed by atoms with Crippen LogP contribution in [0.15, 0.2) is 0 Å². The Balaban J connectivity index is 3.86. The van der Waals surface area contributed by atoms with Crippen LogP contribution in [0.2, 0.25) is 0 Å². The van der Waals surface area contributed by atoms with Gasteiger partial charge in [-0.1, -0.05) is 88.5 Å². The molecule has 0 N–H and O–H groups in total. The van der Waals surface area contributed by atoms with E-state index in [1.807, 2.05) is 20.8 Å². The van der Waals surface area contributed by atoms with Gasteiger partial charge in [0, 0.05) is 21.1 Å². The molecule has 1 aliphatic rings. The molecule has 258 valence electrons. The predicted octanol–water partition coefficient (Wildman–Crippen LogP) is 3.30. The molecule has 0 spiro atoms. The number of hydrogen-bond donors (Lipinski definition) is 0. The van der Waals surface area contributed by atoms with Crippen molar-refractivity contribution in [1.29, 1.82) is 0 Å². The fraction of sp³-hybridized carbons (Fsp3) is 0.818. The highest BCUT2D eigenvalue weighted by molar-refractivity contribution is 5.93. The number of carbonyl (C=O) groups excluding carboxylic acids is 6. The second kappa shape index (κ2) is 17.5. The maximum Gasteiger partial charge on any atom is 0.329 e. The van der Waals surface area contributed by atoms with Crippen LogP contribution >= 0.6 is 0 Å². The van der Waals surface area contributed by atoms with Crippen LogP contribution in [-0.4, -0.2) is 108 Å². The Morgan fingerprint density at radius 2 is 0.867 bits per heavy atom. The molecule has 1 saturated heterocycles. The van der Waals surface area contributed by atoms with Crippen LogP contribution < -0.4 is 0 Å². The van der Waals surface area contributed by atoms with Gasteiger partial charge in [0.1, 0.15) is 18.1 Å². The van der Waals surface area contributed by atoms with Crippen LogP contribution in [0.3, 0.4) is 0 Å². The Morgan fingerprint density at radius 3 is 1.18 bits per heavy atom. The number of amides is 3. The van der Waals surface area contributed by atoms with E-state index in [9.17, 15) is 28.8 Å². The number of esters is 3. The van der Waals surface area contributed by atoms with E-state index in [1.165, 1.54) is 35.8 Å². The fourth-order valence-electron chi connectivity index (χ4n) is 5.47. The van der Waals surface area contributed by atoms with Gasteiger partial charge in [-0.2, -0.15) is 0 Å². The lowest BCUT2D eigenvalue weighted by molar-refractivity contribution is -0.179. The monoisotopic (exact) mass is 639 g/mol. The van der Waals surface area contributed by atoms with Crippen molar-refractivity contribution in [3.63, 3.8) is 0 Å². The highest BCUT2D eigenvalue weighted by Gasteiger charge is 2.44. The van der Waals surface area contributed by atoms with Crippen molar-refractivity contribution in [3.8, 4) is 0 Å². The van der Waals surface area contributed by atoms with Crippen molar-refractivity contribution < 1.29 is 43.0 Å². The van der Waals surface area contributed by atoms with E-state index >= 15 is 0 Å². The molecule has 0 radical (unpaired) electrons. The largest absolute Gasteiger partial charge is 0.454 e. The number of likely N-dealkylation sites (N-methyl/N-ethyl adjacent to an activating group) is 3. The molecule has 0 aromatic rings. The van der Waals surface area contributed by atoms with Crippen LogP contribution in [0.5, 0.6) is 0 Å². The third-order valence-corrected chi connectivity index (χ3v) is 9.14. The van der Waals surface area contributed by atoms with Gasteiger partial charge in [-0.25, -0.2) is 14.4 Å². The summed E-state index contributed by atoms with van der Waals surface area (Å²) in [4.78, 5) is 85.7. The summed E-state index contributed by atoms with van der Waals surface area (Å²) in [5, 5.41) is 0. The van der Waals surface area contributed by atoms with Crippen LogP contribution in [0, 0.1) is 29.6 Å². The van der Waals surface area contributed by atoms with Crippen molar-refractivity contribution in [2.75, 3.05) is 27.7 Å². The molecule has 0 unspecified atom stereocenters. The van der Waals surface area contributed by atoms with Crippen molar-refractivity contribution in [3.05, 3.63) is 0 Å². The first-order valence-electron chi connectivity index (χ1n) is 16.2. The molecule has 3 amide bonds. The number of carbonyl (C=O) groups is 6. The zero-order valence-corrected chi connectivity index (χ0v) is 29.6.